The van der Waals surface area contributed by atoms with E-state index in [1.54, 1.807) is 4.88 Å². The maximum atomic E-state index is 3.79. The van der Waals surface area contributed by atoms with Gasteiger partial charge in [-0.15, -0.1) is 11.3 Å². The van der Waals surface area contributed by atoms with Gasteiger partial charge in [0, 0.05) is 11.4 Å². The van der Waals surface area contributed by atoms with Crippen molar-refractivity contribution in [3.8, 4) is 0 Å². The van der Waals surface area contributed by atoms with E-state index < -0.39 is 0 Å². The third-order valence-electron chi connectivity index (χ3n) is 5.58. The number of hydrogen-bond acceptors (Lipinski definition) is 2. The van der Waals surface area contributed by atoms with Gasteiger partial charge in [0.1, 0.15) is 0 Å². The summed E-state index contributed by atoms with van der Waals surface area (Å²) in [4.78, 5) is 1.58. The Morgan fingerprint density at radius 2 is 2.30 bits per heavy atom. The van der Waals surface area contributed by atoms with E-state index >= 15 is 0 Å². The van der Waals surface area contributed by atoms with Crippen molar-refractivity contribution in [1.29, 1.82) is 0 Å². The molecular formula is C18H29NS. The quantitative estimate of drug-likeness (QED) is 0.765. The van der Waals surface area contributed by atoms with Crippen LogP contribution < -0.4 is 5.32 Å². The Hall–Kier alpha value is -0.340. The molecule has 3 unspecified atom stereocenters. The van der Waals surface area contributed by atoms with Crippen LogP contribution in [0.4, 0.5) is 0 Å². The molecule has 0 saturated heterocycles. The fourth-order valence-corrected chi connectivity index (χ4v) is 5.31. The Kier molecular flexibility index (Phi) is 4.52. The first-order chi connectivity index (χ1) is 9.68. The zero-order valence-electron chi connectivity index (χ0n) is 13.0. The smallest absolute Gasteiger partial charge is 0.00454 e. The number of rotatable bonds is 7. The molecule has 1 N–H and O–H groups in total. The van der Waals surface area contributed by atoms with E-state index in [0.29, 0.717) is 5.41 Å². The van der Waals surface area contributed by atoms with E-state index in [-0.39, 0.29) is 0 Å². The Morgan fingerprint density at radius 3 is 2.90 bits per heavy atom. The standard InChI is InChI=1S/C18H29NS/c1-14(2)12-19-13-18(8-7-17-4-3-9-20-17)11-15-5-6-16(18)10-15/h3-4,9,14-16,19H,5-8,10-13H2,1-2H3. The molecule has 2 saturated carbocycles. The topological polar surface area (TPSA) is 12.0 Å². The fourth-order valence-electron chi connectivity index (χ4n) is 4.61. The average molecular weight is 292 g/mol. The van der Waals surface area contributed by atoms with Gasteiger partial charge in [-0.05, 0) is 73.3 Å². The molecule has 0 aliphatic heterocycles. The van der Waals surface area contributed by atoms with E-state index in [0.717, 1.165) is 17.8 Å². The van der Waals surface area contributed by atoms with Crippen molar-refractivity contribution < 1.29 is 0 Å². The Labute approximate surface area is 128 Å². The van der Waals surface area contributed by atoms with Crippen molar-refractivity contribution in [3.05, 3.63) is 22.4 Å². The van der Waals surface area contributed by atoms with Gasteiger partial charge in [-0.3, -0.25) is 0 Å². The predicted octanol–water partition coefficient (Wildman–Crippen LogP) is 4.73. The summed E-state index contributed by atoms with van der Waals surface area (Å²) in [5.74, 6) is 2.82. The molecule has 2 aliphatic rings. The summed E-state index contributed by atoms with van der Waals surface area (Å²) in [5, 5.41) is 6.01. The van der Waals surface area contributed by atoms with Crippen LogP contribution in [0.2, 0.25) is 0 Å². The van der Waals surface area contributed by atoms with Gasteiger partial charge in [0.05, 0.1) is 0 Å². The van der Waals surface area contributed by atoms with Crippen LogP contribution in [0.25, 0.3) is 0 Å². The minimum atomic E-state index is 0.613. The zero-order valence-corrected chi connectivity index (χ0v) is 13.8. The van der Waals surface area contributed by atoms with E-state index in [4.69, 9.17) is 0 Å². The number of thiophene rings is 1. The van der Waals surface area contributed by atoms with Crippen LogP contribution in [0.3, 0.4) is 0 Å². The number of fused-ring (bicyclic) bond motifs is 2. The molecule has 0 spiro atoms. The van der Waals surface area contributed by atoms with Gasteiger partial charge in [-0.1, -0.05) is 26.3 Å². The molecule has 2 fully saturated rings. The largest absolute Gasteiger partial charge is 0.316 e. The second-order valence-electron chi connectivity index (χ2n) is 7.55. The number of nitrogens with one attached hydrogen (secondary N) is 1. The summed E-state index contributed by atoms with van der Waals surface area (Å²) in [5.41, 5.74) is 0.613. The van der Waals surface area contributed by atoms with Crippen molar-refractivity contribution in [2.24, 2.45) is 23.2 Å². The maximum Gasteiger partial charge on any atom is 0.00454 e. The lowest BCUT2D eigenvalue weighted by Crippen LogP contribution is -2.40. The first-order valence-corrected chi connectivity index (χ1v) is 9.29. The molecule has 1 nitrogen and oxygen atoms in total. The summed E-state index contributed by atoms with van der Waals surface area (Å²) in [6.07, 6.45) is 8.72. The highest BCUT2D eigenvalue weighted by atomic mass is 32.1. The van der Waals surface area contributed by atoms with Crippen molar-refractivity contribution in [2.45, 2.75) is 52.4 Å². The van der Waals surface area contributed by atoms with E-state index in [1.807, 2.05) is 11.3 Å². The zero-order chi connectivity index (χ0) is 14.0. The molecule has 2 aliphatic carbocycles. The van der Waals surface area contributed by atoms with Crippen molar-refractivity contribution in [2.75, 3.05) is 13.1 Å². The summed E-state index contributed by atoms with van der Waals surface area (Å²) in [6.45, 7) is 7.06. The lowest BCUT2D eigenvalue weighted by atomic mass is 9.70. The lowest BCUT2D eigenvalue weighted by molar-refractivity contribution is 0.142. The van der Waals surface area contributed by atoms with Gasteiger partial charge < -0.3 is 5.32 Å². The van der Waals surface area contributed by atoms with Gasteiger partial charge >= 0.3 is 0 Å². The monoisotopic (exact) mass is 291 g/mol. The first-order valence-electron chi connectivity index (χ1n) is 8.41. The lowest BCUT2D eigenvalue weighted by Gasteiger charge is -2.38. The van der Waals surface area contributed by atoms with Crippen molar-refractivity contribution >= 4 is 11.3 Å². The summed E-state index contributed by atoms with van der Waals surface area (Å²) >= 11 is 1.93. The molecule has 2 heteroatoms. The average Bonchev–Trinajstić information content (AvgIpc) is 3.13. The number of aryl methyl sites for hydroxylation is 1. The first kappa shape index (κ1) is 14.6. The predicted molar refractivity (Wildman–Crippen MR) is 88.2 cm³/mol. The minimum absolute atomic E-state index is 0.613. The van der Waals surface area contributed by atoms with Crippen LogP contribution in [-0.4, -0.2) is 13.1 Å². The molecular weight excluding hydrogens is 262 g/mol. The highest BCUT2D eigenvalue weighted by Crippen LogP contribution is 2.57. The molecule has 3 rings (SSSR count). The third kappa shape index (κ3) is 3.12. The van der Waals surface area contributed by atoms with Crippen molar-refractivity contribution in [3.63, 3.8) is 0 Å². The molecule has 0 aromatic carbocycles. The van der Waals surface area contributed by atoms with Crippen LogP contribution in [-0.2, 0) is 6.42 Å². The van der Waals surface area contributed by atoms with E-state index in [2.05, 4.69) is 36.7 Å². The van der Waals surface area contributed by atoms with Gasteiger partial charge in [0.15, 0.2) is 0 Å². The molecule has 20 heavy (non-hydrogen) atoms. The highest BCUT2D eigenvalue weighted by Gasteiger charge is 2.49. The van der Waals surface area contributed by atoms with Gasteiger partial charge in [-0.25, -0.2) is 0 Å². The summed E-state index contributed by atoms with van der Waals surface area (Å²) in [7, 11) is 0. The van der Waals surface area contributed by atoms with Gasteiger partial charge in [0.25, 0.3) is 0 Å². The van der Waals surface area contributed by atoms with Gasteiger partial charge in [-0.2, -0.15) is 0 Å². The second kappa shape index (κ2) is 6.19. The Balaban J connectivity index is 1.61. The highest BCUT2D eigenvalue weighted by molar-refractivity contribution is 7.09. The van der Waals surface area contributed by atoms with Crippen LogP contribution in [0.1, 0.15) is 50.8 Å². The third-order valence-corrected chi connectivity index (χ3v) is 6.52. The van der Waals surface area contributed by atoms with Crippen LogP contribution in [0.15, 0.2) is 17.5 Å². The molecule has 0 amide bonds. The number of hydrogen-bond donors (Lipinski definition) is 1. The van der Waals surface area contributed by atoms with Gasteiger partial charge in [0.2, 0.25) is 0 Å². The normalized spacial score (nSPS) is 32.4. The SMILES string of the molecule is CC(C)CNCC1(CCc2cccs2)CC2CCC1C2. The molecule has 1 heterocycles. The molecule has 0 radical (unpaired) electrons. The molecule has 1 aromatic heterocycles. The van der Waals surface area contributed by atoms with Crippen LogP contribution >= 0.6 is 11.3 Å². The van der Waals surface area contributed by atoms with Crippen molar-refractivity contribution in [1.82, 2.24) is 5.32 Å². The summed E-state index contributed by atoms with van der Waals surface area (Å²) < 4.78 is 0. The van der Waals surface area contributed by atoms with E-state index in [9.17, 15) is 0 Å². The fraction of sp³-hybridized carbons (Fsp3) is 0.778. The molecule has 2 bridgehead atoms. The van der Waals surface area contributed by atoms with E-state index in [1.165, 1.54) is 51.6 Å². The second-order valence-corrected chi connectivity index (χ2v) is 8.58. The minimum Gasteiger partial charge on any atom is -0.316 e. The maximum absolute atomic E-state index is 3.79. The summed E-state index contributed by atoms with van der Waals surface area (Å²) in [6, 6.07) is 4.51. The van der Waals surface area contributed by atoms with Crippen LogP contribution in [0, 0.1) is 23.2 Å². The molecule has 112 valence electrons. The molecule has 1 aromatic rings. The van der Waals surface area contributed by atoms with Crippen LogP contribution in [0.5, 0.6) is 0 Å². The molecule has 3 atom stereocenters. The Morgan fingerprint density at radius 1 is 1.40 bits per heavy atom. The Bertz CT molecular complexity index is 411.